The molecule has 2 N–H and O–H groups in total. The summed E-state index contributed by atoms with van der Waals surface area (Å²) in [4.78, 5) is 25.2. The predicted octanol–water partition coefficient (Wildman–Crippen LogP) is 4.25. The number of para-hydroxylation sites is 1. The van der Waals surface area contributed by atoms with E-state index in [2.05, 4.69) is 15.7 Å². The molecular formula is C25H30N4O3. The number of carbonyl (C=O) groups excluding carboxylic acids is 2. The topological polar surface area (TPSA) is 85.2 Å². The van der Waals surface area contributed by atoms with Gasteiger partial charge in [-0.15, -0.1) is 0 Å². The Kier molecular flexibility index (Phi) is 7.30. The van der Waals surface area contributed by atoms with Crippen molar-refractivity contribution in [2.45, 2.75) is 34.3 Å². The van der Waals surface area contributed by atoms with E-state index in [4.69, 9.17) is 4.74 Å². The van der Waals surface area contributed by atoms with Crippen LogP contribution in [0.15, 0.2) is 48.7 Å². The van der Waals surface area contributed by atoms with Crippen molar-refractivity contribution in [1.82, 2.24) is 15.1 Å². The first-order valence-electron chi connectivity index (χ1n) is 10.7. The summed E-state index contributed by atoms with van der Waals surface area (Å²) in [6.45, 7) is 9.03. The van der Waals surface area contributed by atoms with Crippen molar-refractivity contribution < 1.29 is 14.3 Å². The Balaban J connectivity index is 1.65. The molecule has 0 radical (unpaired) electrons. The lowest BCUT2D eigenvalue weighted by atomic mass is 10.1. The van der Waals surface area contributed by atoms with Gasteiger partial charge in [-0.05, 0) is 48.6 Å². The molecule has 0 saturated heterocycles. The highest BCUT2D eigenvalue weighted by atomic mass is 16.5. The second-order valence-corrected chi connectivity index (χ2v) is 8.29. The molecule has 0 aliphatic carbocycles. The molecule has 0 bridgehead atoms. The third kappa shape index (κ3) is 5.55. The lowest BCUT2D eigenvalue weighted by Gasteiger charge is -2.12. The van der Waals surface area contributed by atoms with Crippen molar-refractivity contribution in [3.05, 3.63) is 76.6 Å². The molecule has 2 aromatic carbocycles. The Morgan fingerprint density at radius 3 is 2.31 bits per heavy atom. The fraction of sp³-hybridized carbons (Fsp3) is 0.320. The van der Waals surface area contributed by atoms with E-state index in [0.29, 0.717) is 36.0 Å². The summed E-state index contributed by atoms with van der Waals surface area (Å²) < 4.78 is 7.44. The number of amides is 2. The molecule has 3 rings (SSSR count). The van der Waals surface area contributed by atoms with E-state index in [9.17, 15) is 9.59 Å². The van der Waals surface area contributed by atoms with Crippen molar-refractivity contribution >= 4 is 17.5 Å². The van der Waals surface area contributed by atoms with Crippen LogP contribution in [0, 0.1) is 19.8 Å². The molecule has 3 aromatic rings. The van der Waals surface area contributed by atoms with Crippen LogP contribution < -0.4 is 15.4 Å². The number of aryl methyl sites for hydroxylation is 3. The smallest absolute Gasteiger partial charge is 0.271 e. The summed E-state index contributed by atoms with van der Waals surface area (Å²) in [5.41, 5.74) is 4.31. The number of hydrogen-bond donors (Lipinski definition) is 2. The number of anilines is 1. The molecule has 168 valence electrons. The largest absolute Gasteiger partial charge is 0.488 e. The lowest BCUT2D eigenvalue weighted by molar-refractivity contribution is 0.0940. The van der Waals surface area contributed by atoms with Crippen LogP contribution >= 0.6 is 0 Å². The average Bonchev–Trinajstić information content (AvgIpc) is 3.12. The Morgan fingerprint density at radius 2 is 1.69 bits per heavy atom. The SMILES string of the molecule is Cc1cccc(C)c1OCc1ccc(C(=O)Nc2cnn(C)c2C(=O)NCC(C)C)cc1. The van der Waals surface area contributed by atoms with Gasteiger partial charge in [0.15, 0.2) is 0 Å². The van der Waals surface area contributed by atoms with Crippen molar-refractivity contribution in [2.75, 3.05) is 11.9 Å². The minimum Gasteiger partial charge on any atom is -0.488 e. The normalized spacial score (nSPS) is 10.8. The predicted molar refractivity (Wildman–Crippen MR) is 125 cm³/mol. The minimum atomic E-state index is -0.307. The highest BCUT2D eigenvalue weighted by molar-refractivity contribution is 6.08. The van der Waals surface area contributed by atoms with Crippen LogP contribution in [-0.2, 0) is 13.7 Å². The summed E-state index contributed by atoms with van der Waals surface area (Å²) in [5.74, 6) is 0.628. The van der Waals surface area contributed by atoms with Crippen LogP contribution in [0.4, 0.5) is 5.69 Å². The zero-order valence-corrected chi connectivity index (χ0v) is 19.2. The van der Waals surface area contributed by atoms with E-state index in [1.807, 2.05) is 58.0 Å². The highest BCUT2D eigenvalue weighted by Gasteiger charge is 2.19. The number of hydrogen-bond acceptors (Lipinski definition) is 4. The third-order valence-electron chi connectivity index (χ3n) is 5.08. The molecule has 32 heavy (non-hydrogen) atoms. The third-order valence-corrected chi connectivity index (χ3v) is 5.08. The summed E-state index contributed by atoms with van der Waals surface area (Å²) in [5, 5.41) is 9.77. The number of nitrogens with one attached hydrogen (secondary N) is 2. The van der Waals surface area contributed by atoms with Crippen LogP contribution in [-0.4, -0.2) is 28.1 Å². The zero-order valence-electron chi connectivity index (χ0n) is 19.2. The molecule has 0 fully saturated rings. The van der Waals surface area contributed by atoms with E-state index in [-0.39, 0.29) is 11.8 Å². The van der Waals surface area contributed by atoms with Crippen LogP contribution in [0.2, 0.25) is 0 Å². The quantitative estimate of drug-likeness (QED) is 0.555. The van der Waals surface area contributed by atoms with E-state index >= 15 is 0 Å². The molecule has 0 unspecified atom stereocenters. The van der Waals surface area contributed by atoms with Crippen molar-refractivity contribution in [3.8, 4) is 5.75 Å². The second-order valence-electron chi connectivity index (χ2n) is 8.29. The molecule has 0 saturated carbocycles. The van der Waals surface area contributed by atoms with Gasteiger partial charge in [0.1, 0.15) is 18.1 Å². The Bertz CT molecular complexity index is 1080. The molecule has 7 nitrogen and oxygen atoms in total. The number of carbonyl (C=O) groups is 2. The van der Waals surface area contributed by atoms with Crippen molar-refractivity contribution in [3.63, 3.8) is 0 Å². The van der Waals surface area contributed by atoms with Gasteiger partial charge in [-0.3, -0.25) is 14.3 Å². The summed E-state index contributed by atoms with van der Waals surface area (Å²) in [6, 6.07) is 13.3. The van der Waals surface area contributed by atoms with Crippen molar-refractivity contribution in [2.24, 2.45) is 13.0 Å². The molecule has 0 atom stereocenters. The van der Waals surface area contributed by atoms with Crippen LogP contribution in [0.5, 0.6) is 5.75 Å². The van der Waals surface area contributed by atoms with E-state index < -0.39 is 0 Å². The highest BCUT2D eigenvalue weighted by Crippen LogP contribution is 2.23. The first kappa shape index (κ1) is 23.1. The van der Waals surface area contributed by atoms with Crippen molar-refractivity contribution in [1.29, 1.82) is 0 Å². The van der Waals surface area contributed by atoms with Gasteiger partial charge in [0.05, 0.1) is 11.9 Å². The first-order chi connectivity index (χ1) is 15.3. The van der Waals surface area contributed by atoms with Crippen LogP contribution in [0.1, 0.15) is 51.4 Å². The van der Waals surface area contributed by atoms with Crippen LogP contribution in [0.25, 0.3) is 0 Å². The van der Waals surface area contributed by atoms with Gasteiger partial charge in [-0.2, -0.15) is 5.10 Å². The minimum absolute atomic E-state index is 0.270. The van der Waals surface area contributed by atoms with Gasteiger partial charge < -0.3 is 15.4 Å². The number of nitrogens with zero attached hydrogens (tertiary/aromatic N) is 2. The molecule has 1 aromatic heterocycles. The lowest BCUT2D eigenvalue weighted by Crippen LogP contribution is -2.30. The number of ether oxygens (including phenoxy) is 1. The number of aromatic nitrogens is 2. The fourth-order valence-electron chi connectivity index (χ4n) is 3.31. The van der Waals surface area contributed by atoms with E-state index in [1.54, 1.807) is 19.2 Å². The van der Waals surface area contributed by atoms with Gasteiger partial charge >= 0.3 is 0 Å². The Morgan fingerprint density at radius 1 is 1.03 bits per heavy atom. The van der Waals surface area contributed by atoms with Gasteiger partial charge in [0, 0.05) is 19.2 Å². The summed E-state index contributed by atoms with van der Waals surface area (Å²) in [6.07, 6.45) is 1.48. The van der Waals surface area contributed by atoms with Gasteiger partial charge in [0.25, 0.3) is 11.8 Å². The summed E-state index contributed by atoms with van der Waals surface area (Å²) >= 11 is 0. The standard InChI is InChI=1S/C25H30N4O3/c1-16(2)13-26-25(31)22-21(14-27-29(22)5)28-24(30)20-11-9-19(10-12-20)15-32-23-17(3)7-6-8-18(23)4/h6-12,14,16H,13,15H2,1-5H3,(H,26,31)(H,28,30). The average molecular weight is 435 g/mol. The molecule has 1 heterocycles. The number of benzene rings is 2. The maximum absolute atomic E-state index is 12.7. The first-order valence-corrected chi connectivity index (χ1v) is 10.7. The van der Waals surface area contributed by atoms with E-state index in [1.165, 1.54) is 10.9 Å². The Hall–Kier alpha value is -3.61. The number of rotatable bonds is 8. The molecule has 2 amide bonds. The molecule has 0 aliphatic heterocycles. The maximum Gasteiger partial charge on any atom is 0.271 e. The van der Waals surface area contributed by atoms with Gasteiger partial charge in [0.2, 0.25) is 0 Å². The molecular weight excluding hydrogens is 404 g/mol. The fourth-order valence-corrected chi connectivity index (χ4v) is 3.31. The maximum atomic E-state index is 12.7. The van der Waals surface area contributed by atoms with Crippen LogP contribution in [0.3, 0.4) is 0 Å². The summed E-state index contributed by atoms with van der Waals surface area (Å²) in [7, 11) is 1.67. The Labute approximate surface area is 188 Å². The monoisotopic (exact) mass is 434 g/mol. The molecule has 0 spiro atoms. The molecule has 7 heteroatoms. The molecule has 0 aliphatic rings. The second kappa shape index (κ2) is 10.1. The van der Waals surface area contributed by atoms with Gasteiger partial charge in [-0.1, -0.05) is 44.2 Å². The van der Waals surface area contributed by atoms with E-state index in [0.717, 1.165) is 22.4 Å². The zero-order chi connectivity index (χ0) is 23.3. The van der Waals surface area contributed by atoms with Gasteiger partial charge in [-0.25, -0.2) is 0 Å².